The highest BCUT2D eigenvalue weighted by atomic mass is 16.3. The minimum Gasteiger partial charge on any atom is -0.357 e. The number of carbonyl (C=O) groups is 1. The molecule has 1 aliphatic rings. The van der Waals surface area contributed by atoms with Gasteiger partial charge in [-0.3, -0.25) is 4.79 Å². The molecular formula is C9H12N2O2+. The van der Waals surface area contributed by atoms with E-state index in [1.807, 2.05) is 0 Å². The summed E-state index contributed by atoms with van der Waals surface area (Å²) in [6, 6.07) is 0. The first-order chi connectivity index (χ1) is 6.02. The van der Waals surface area contributed by atoms with Gasteiger partial charge in [0, 0.05) is 19.4 Å². The van der Waals surface area contributed by atoms with Crippen LogP contribution in [0.15, 0.2) is 24.0 Å². The fraction of sp³-hybridized carbons (Fsp3) is 0.333. The lowest BCUT2D eigenvalue weighted by atomic mass is 9.94. The average molecular weight is 180 g/mol. The molecule has 69 valence electrons. The molecule has 0 aliphatic carbocycles. The molecule has 0 saturated heterocycles. The zero-order valence-corrected chi connectivity index (χ0v) is 7.65. The number of carbonyl (C=O) groups excluding carboxylic acids is 1. The molecule has 0 aromatic carbocycles. The van der Waals surface area contributed by atoms with E-state index in [4.69, 9.17) is 5.41 Å². The Labute approximate surface area is 76.7 Å². The van der Waals surface area contributed by atoms with Gasteiger partial charge in [-0.1, -0.05) is 6.08 Å². The SMILES string of the molecule is CC(=O)C1C=CN(C)C=C1C(=[NH2+])[O]. The molecule has 1 atom stereocenters. The summed E-state index contributed by atoms with van der Waals surface area (Å²) in [5, 5.41) is 16.1. The molecule has 1 rings (SSSR count). The Bertz CT molecular complexity index is 305. The van der Waals surface area contributed by atoms with Gasteiger partial charge in [0.05, 0.1) is 11.5 Å². The summed E-state index contributed by atoms with van der Waals surface area (Å²) >= 11 is 0. The van der Waals surface area contributed by atoms with Crippen molar-refractivity contribution >= 4 is 11.7 Å². The van der Waals surface area contributed by atoms with Crippen molar-refractivity contribution in [3.05, 3.63) is 24.0 Å². The smallest absolute Gasteiger partial charge is 0.357 e. The third-order valence-corrected chi connectivity index (χ3v) is 1.91. The van der Waals surface area contributed by atoms with E-state index in [9.17, 15) is 9.90 Å². The first-order valence-corrected chi connectivity index (χ1v) is 3.94. The lowest BCUT2D eigenvalue weighted by Gasteiger charge is -2.18. The van der Waals surface area contributed by atoms with Crippen LogP contribution >= 0.6 is 0 Å². The van der Waals surface area contributed by atoms with Crippen LogP contribution in [0.1, 0.15) is 6.92 Å². The van der Waals surface area contributed by atoms with Crippen molar-refractivity contribution in [3.63, 3.8) is 0 Å². The van der Waals surface area contributed by atoms with E-state index < -0.39 is 11.8 Å². The van der Waals surface area contributed by atoms with Crippen molar-refractivity contribution in [3.8, 4) is 0 Å². The lowest BCUT2D eigenvalue weighted by molar-refractivity contribution is -0.140. The summed E-state index contributed by atoms with van der Waals surface area (Å²) in [6.45, 7) is 1.44. The molecule has 13 heavy (non-hydrogen) atoms. The monoisotopic (exact) mass is 180 g/mol. The van der Waals surface area contributed by atoms with Crippen molar-refractivity contribution in [2.75, 3.05) is 7.05 Å². The molecule has 1 aliphatic heterocycles. The minimum atomic E-state index is -0.545. The topological polar surface area (TPSA) is 65.8 Å². The Morgan fingerprint density at radius 1 is 1.62 bits per heavy atom. The zero-order valence-electron chi connectivity index (χ0n) is 7.65. The zero-order chi connectivity index (χ0) is 10.0. The molecule has 4 heteroatoms. The summed E-state index contributed by atoms with van der Waals surface area (Å²) in [5.74, 6) is -1.10. The summed E-state index contributed by atoms with van der Waals surface area (Å²) < 4.78 is 0. The first-order valence-electron chi connectivity index (χ1n) is 3.94. The van der Waals surface area contributed by atoms with Crippen LogP contribution in [0.4, 0.5) is 0 Å². The van der Waals surface area contributed by atoms with Crippen molar-refractivity contribution < 1.29 is 15.3 Å². The first kappa shape index (κ1) is 9.51. The largest absolute Gasteiger partial charge is 0.409 e. The van der Waals surface area contributed by atoms with Gasteiger partial charge in [0.2, 0.25) is 0 Å². The molecule has 2 N–H and O–H groups in total. The quantitative estimate of drug-likeness (QED) is 0.443. The summed E-state index contributed by atoms with van der Waals surface area (Å²) in [5.41, 5.74) is 0.345. The van der Waals surface area contributed by atoms with Crippen LogP contribution in [-0.2, 0) is 9.90 Å². The van der Waals surface area contributed by atoms with Gasteiger partial charge in [-0.25, -0.2) is 10.5 Å². The second-order valence-corrected chi connectivity index (χ2v) is 3.04. The van der Waals surface area contributed by atoms with E-state index in [0.717, 1.165) is 0 Å². The number of Topliss-reactive ketones (excluding diaryl/α,β-unsaturated/α-hetero) is 1. The van der Waals surface area contributed by atoms with Crippen molar-refractivity contribution in [2.24, 2.45) is 5.92 Å². The van der Waals surface area contributed by atoms with Crippen molar-refractivity contribution in [1.82, 2.24) is 4.90 Å². The molecule has 0 bridgehead atoms. The number of nitrogens with zero attached hydrogens (tertiary/aromatic N) is 1. The molecule has 0 amide bonds. The molecule has 1 heterocycles. The predicted octanol–water partition coefficient (Wildman–Crippen LogP) is -0.877. The highest BCUT2D eigenvalue weighted by molar-refractivity contribution is 5.97. The number of nitrogens with two attached hydrogens (primary N) is 1. The third-order valence-electron chi connectivity index (χ3n) is 1.91. The second kappa shape index (κ2) is 3.43. The fourth-order valence-corrected chi connectivity index (χ4v) is 1.24. The Morgan fingerprint density at radius 2 is 2.23 bits per heavy atom. The van der Waals surface area contributed by atoms with Gasteiger partial charge in [0.25, 0.3) is 0 Å². The molecular weight excluding hydrogens is 168 g/mol. The van der Waals surface area contributed by atoms with Crippen LogP contribution in [0.3, 0.4) is 0 Å². The van der Waals surface area contributed by atoms with Crippen LogP contribution in [0.2, 0.25) is 0 Å². The van der Waals surface area contributed by atoms with Crippen LogP contribution < -0.4 is 5.41 Å². The van der Waals surface area contributed by atoms with Gasteiger partial charge in [0.1, 0.15) is 5.78 Å². The Morgan fingerprint density at radius 3 is 2.69 bits per heavy atom. The van der Waals surface area contributed by atoms with Crippen LogP contribution in [0, 0.1) is 5.92 Å². The van der Waals surface area contributed by atoms with E-state index in [2.05, 4.69) is 0 Å². The standard InChI is InChI=1S/C9H11N2O2/c1-6(12)7-3-4-11(2)5-8(7)9(10)13/h3-5,7,10H,1-2H3/p+1. The van der Waals surface area contributed by atoms with Crippen molar-refractivity contribution in [1.29, 1.82) is 0 Å². The molecule has 0 spiro atoms. The third kappa shape index (κ3) is 1.96. The summed E-state index contributed by atoms with van der Waals surface area (Å²) in [6.07, 6.45) is 4.98. The minimum absolute atomic E-state index is 0.0746. The average Bonchev–Trinajstić information content (AvgIpc) is 2.03. The summed E-state index contributed by atoms with van der Waals surface area (Å²) in [7, 11) is 1.77. The molecule has 4 nitrogen and oxygen atoms in total. The Hall–Kier alpha value is -1.58. The van der Waals surface area contributed by atoms with Gasteiger partial charge in [-0.15, -0.1) is 0 Å². The van der Waals surface area contributed by atoms with E-state index in [0.29, 0.717) is 5.57 Å². The highest BCUT2D eigenvalue weighted by Gasteiger charge is 2.27. The van der Waals surface area contributed by atoms with E-state index in [1.54, 1.807) is 30.4 Å². The molecule has 1 unspecified atom stereocenters. The normalized spacial score (nSPS) is 21.2. The molecule has 0 saturated carbocycles. The Balaban J connectivity index is 2.98. The van der Waals surface area contributed by atoms with E-state index in [-0.39, 0.29) is 5.78 Å². The number of hydrogen-bond acceptors (Lipinski definition) is 2. The van der Waals surface area contributed by atoms with Gasteiger partial charge < -0.3 is 4.90 Å². The molecule has 0 fully saturated rings. The second-order valence-electron chi connectivity index (χ2n) is 3.04. The van der Waals surface area contributed by atoms with Gasteiger partial charge in [-0.2, -0.15) is 0 Å². The van der Waals surface area contributed by atoms with E-state index >= 15 is 0 Å². The van der Waals surface area contributed by atoms with Crippen molar-refractivity contribution in [2.45, 2.75) is 6.92 Å². The maximum Gasteiger partial charge on any atom is 0.409 e. The van der Waals surface area contributed by atoms with Gasteiger partial charge >= 0.3 is 5.90 Å². The highest BCUT2D eigenvalue weighted by Crippen LogP contribution is 2.19. The maximum absolute atomic E-state index is 11.1. The molecule has 0 aromatic rings. The maximum atomic E-state index is 11.1. The molecule has 0 aromatic heterocycles. The summed E-state index contributed by atoms with van der Waals surface area (Å²) in [4.78, 5) is 12.8. The Kier molecular flexibility index (Phi) is 2.51. The number of allylic oxidation sites excluding steroid dienone is 1. The lowest BCUT2D eigenvalue weighted by Crippen LogP contribution is -2.43. The van der Waals surface area contributed by atoms with Crippen LogP contribution in [-0.4, -0.2) is 23.6 Å². The fourth-order valence-electron chi connectivity index (χ4n) is 1.24. The van der Waals surface area contributed by atoms with Gasteiger partial charge in [-0.05, 0) is 6.92 Å². The molecule has 1 radical (unpaired) electrons. The predicted molar refractivity (Wildman–Crippen MR) is 46.8 cm³/mol. The van der Waals surface area contributed by atoms with E-state index in [1.165, 1.54) is 6.92 Å². The number of ketones is 1. The van der Waals surface area contributed by atoms with Crippen LogP contribution in [0.25, 0.3) is 0 Å². The number of hydrogen-bond donors (Lipinski definition) is 1. The number of rotatable bonds is 2. The van der Waals surface area contributed by atoms with Gasteiger partial charge in [0.15, 0.2) is 0 Å². The van der Waals surface area contributed by atoms with Crippen LogP contribution in [0.5, 0.6) is 0 Å².